The number of pyridine rings is 2. The van der Waals surface area contributed by atoms with Crippen molar-refractivity contribution < 1.29 is 9.59 Å². The van der Waals surface area contributed by atoms with Gasteiger partial charge >= 0.3 is 0 Å². The van der Waals surface area contributed by atoms with Crippen LogP contribution in [0, 0.1) is 5.92 Å². The van der Waals surface area contributed by atoms with Gasteiger partial charge in [0, 0.05) is 43.8 Å². The topological polar surface area (TPSA) is 78.4 Å². The summed E-state index contributed by atoms with van der Waals surface area (Å²) in [5.74, 6) is -0.515. The number of nitrogens with one attached hydrogen (secondary N) is 1. The number of benzene rings is 1. The first-order chi connectivity index (χ1) is 15.2. The number of carbonyl (C=O) groups excluding carboxylic acids is 2. The van der Waals surface area contributed by atoms with E-state index in [1.807, 2.05) is 42.5 Å². The van der Waals surface area contributed by atoms with E-state index in [4.69, 9.17) is 0 Å². The predicted molar refractivity (Wildman–Crippen MR) is 120 cm³/mol. The Labute approximate surface area is 181 Å². The van der Waals surface area contributed by atoms with Gasteiger partial charge in [-0.3, -0.25) is 19.6 Å². The molecule has 7 nitrogen and oxygen atoms in total. The summed E-state index contributed by atoms with van der Waals surface area (Å²) in [7, 11) is 0. The minimum absolute atomic E-state index is 0.0123. The summed E-state index contributed by atoms with van der Waals surface area (Å²) in [6.45, 7) is 2.91. The third kappa shape index (κ3) is 3.95. The molecule has 1 atom stereocenters. The SMILES string of the molecule is O=C(Nc1ccc(N2CCCC2)c2ncccc12)C1CC(=O)N(Cc2ccccn2)C1. The molecule has 2 aliphatic heterocycles. The second-order valence-corrected chi connectivity index (χ2v) is 8.21. The van der Waals surface area contributed by atoms with Crippen LogP contribution in [0.1, 0.15) is 25.0 Å². The van der Waals surface area contributed by atoms with Gasteiger partial charge in [-0.2, -0.15) is 0 Å². The van der Waals surface area contributed by atoms with Crippen molar-refractivity contribution >= 4 is 34.1 Å². The number of hydrogen-bond donors (Lipinski definition) is 1. The molecule has 0 spiro atoms. The third-order valence-corrected chi connectivity index (χ3v) is 6.12. The molecule has 1 aromatic carbocycles. The quantitative estimate of drug-likeness (QED) is 0.692. The highest BCUT2D eigenvalue weighted by molar-refractivity contribution is 6.06. The zero-order valence-electron chi connectivity index (χ0n) is 17.3. The molecule has 4 heterocycles. The van der Waals surface area contributed by atoms with Crippen molar-refractivity contribution in [2.24, 2.45) is 5.92 Å². The molecule has 31 heavy (non-hydrogen) atoms. The van der Waals surface area contributed by atoms with Crippen LogP contribution >= 0.6 is 0 Å². The van der Waals surface area contributed by atoms with Gasteiger partial charge in [0.05, 0.1) is 35.0 Å². The minimum atomic E-state index is -0.374. The van der Waals surface area contributed by atoms with E-state index >= 15 is 0 Å². The molecule has 2 saturated heterocycles. The van der Waals surface area contributed by atoms with E-state index < -0.39 is 0 Å². The molecule has 1 N–H and O–H groups in total. The number of anilines is 2. The first-order valence-electron chi connectivity index (χ1n) is 10.8. The molecule has 2 aliphatic rings. The van der Waals surface area contributed by atoms with Gasteiger partial charge in [-0.25, -0.2) is 0 Å². The van der Waals surface area contributed by atoms with Gasteiger partial charge in [0.1, 0.15) is 0 Å². The normalized spacial score (nSPS) is 18.7. The predicted octanol–water partition coefficient (Wildman–Crippen LogP) is 3.22. The van der Waals surface area contributed by atoms with E-state index in [-0.39, 0.29) is 24.2 Å². The molecule has 0 radical (unpaired) electrons. The number of fused-ring (bicyclic) bond motifs is 1. The number of aromatic nitrogens is 2. The summed E-state index contributed by atoms with van der Waals surface area (Å²) in [5, 5.41) is 3.98. The number of rotatable bonds is 5. The molecule has 0 bridgehead atoms. The van der Waals surface area contributed by atoms with Crippen LogP contribution in [-0.2, 0) is 16.1 Å². The third-order valence-electron chi connectivity index (χ3n) is 6.12. The van der Waals surface area contributed by atoms with Crippen LogP contribution in [0.2, 0.25) is 0 Å². The van der Waals surface area contributed by atoms with E-state index in [1.54, 1.807) is 17.3 Å². The van der Waals surface area contributed by atoms with Crippen molar-refractivity contribution in [2.75, 3.05) is 29.9 Å². The Balaban J connectivity index is 1.32. The van der Waals surface area contributed by atoms with E-state index in [0.29, 0.717) is 13.1 Å². The van der Waals surface area contributed by atoms with E-state index in [1.165, 1.54) is 12.8 Å². The minimum Gasteiger partial charge on any atom is -0.370 e. The lowest BCUT2D eigenvalue weighted by atomic mass is 10.1. The van der Waals surface area contributed by atoms with Crippen molar-refractivity contribution in [3.63, 3.8) is 0 Å². The van der Waals surface area contributed by atoms with Crippen LogP contribution < -0.4 is 10.2 Å². The van der Waals surface area contributed by atoms with Crippen LogP contribution in [0.4, 0.5) is 11.4 Å². The fourth-order valence-corrected chi connectivity index (χ4v) is 4.50. The lowest BCUT2D eigenvalue weighted by Gasteiger charge is -2.21. The molecule has 0 saturated carbocycles. The maximum atomic E-state index is 13.0. The summed E-state index contributed by atoms with van der Waals surface area (Å²) in [6.07, 6.45) is 6.11. The Morgan fingerprint density at radius 1 is 1.03 bits per heavy atom. The summed E-state index contributed by atoms with van der Waals surface area (Å²) in [5.41, 5.74) is 3.59. The molecule has 0 aliphatic carbocycles. The number of hydrogen-bond acceptors (Lipinski definition) is 5. The molecule has 1 unspecified atom stereocenters. The van der Waals surface area contributed by atoms with Crippen LogP contribution in [-0.4, -0.2) is 46.3 Å². The molecule has 5 rings (SSSR count). The lowest BCUT2D eigenvalue weighted by molar-refractivity contribution is -0.128. The van der Waals surface area contributed by atoms with Gasteiger partial charge in [-0.1, -0.05) is 6.07 Å². The first kappa shape index (κ1) is 19.5. The summed E-state index contributed by atoms with van der Waals surface area (Å²) < 4.78 is 0. The Hall–Kier alpha value is -3.48. The monoisotopic (exact) mass is 415 g/mol. The van der Waals surface area contributed by atoms with Crippen LogP contribution in [0.3, 0.4) is 0 Å². The highest BCUT2D eigenvalue weighted by Gasteiger charge is 2.34. The Kier molecular flexibility index (Phi) is 5.24. The summed E-state index contributed by atoms with van der Waals surface area (Å²) in [6, 6.07) is 13.5. The molecule has 2 fully saturated rings. The average molecular weight is 415 g/mol. The molecule has 158 valence electrons. The van der Waals surface area contributed by atoms with Crippen molar-refractivity contribution in [2.45, 2.75) is 25.8 Å². The van der Waals surface area contributed by atoms with Gasteiger partial charge in [0.2, 0.25) is 11.8 Å². The Morgan fingerprint density at radius 2 is 1.87 bits per heavy atom. The van der Waals surface area contributed by atoms with Crippen LogP contribution in [0.15, 0.2) is 54.9 Å². The standard InChI is InChI=1S/C24H25N5O2/c30-22-14-17(15-29(22)16-18-6-1-2-10-25-18)24(31)27-20-8-9-21(28-12-3-4-13-28)23-19(20)7-5-11-26-23/h1-2,5-11,17H,3-4,12-16H2,(H,27,31). The fraction of sp³-hybridized carbons (Fsp3) is 0.333. The van der Waals surface area contributed by atoms with Gasteiger partial charge < -0.3 is 15.1 Å². The fourth-order valence-electron chi connectivity index (χ4n) is 4.50. The van der Waals surface area contributed by atoms with E-state index in [2.05, 4.69) is 20.2 Å². The maximum Gasteiger partial charge on any atom is 0.229 e. The second-order valence-electron chi connectivity index (χ2n) is 8.21. The second kappa shape index (κ2) is 8.34. The van der Waals surface area contributed by atoms with Crippen molar-refractivity contribution in [1.82, 2.24) is 14.9 Å². The number of nitrogens with zero attached hydrogens (tertiary/aromatic N) is 4. The summed E-state index contributed by atoms with van der Waals surface area (Å²) in [4.78, 5) is 38.4. The van der Waals surface area contributed by atoms with E-state index in [9.17, 15) is 9.59 Å². The molecule has 2 aromatic heterocycles. The zero-order chi connectivity index (χ0) is 21.2. The van der Waals surface area contributed by atoms with Gasteiger partial charge in [-0.15, -0.1) is 0 Å². The molecular formula is C24H25N5O2. The number of amides is 2. The molecular weight excluding hydrogens is 390 g/mol. The number of carbonyl (C=O) groups is 2. The van der Waals surface area contributed by atoms with Gasteiger partial charge in [0.25, 0.3) is 0 Å². The summed E-state index contributed by atoms with van der Waals surface area (Å²) >= 11 is 0. The largest absolute Gasteiger partial charge is 0.370 e. The lowest BCUT2D eigenvalue weighted by Crippen LogP contribution is -2.28. The number of likely N-dealkylation sites (tertiary alicyclic amines) is 1. The molecule has 2 amide bonds. The Bertz CT molecular complexity index is 1110. The first-order valence-corrected chi connectivity index (χ1v) is 10.8. The van der Waals surface area contributed by atoms with Crippen molar-refractivity contribution in [1.29, 1.82) is 0 Å². The molecule has 7 heteroatoms. The Morgan fingerprint density at radius 3 is 2.68 bits per heavy atom. The van der Waals surface area contributed by atoms with Crippen LogP contribution in [0.5, 0.6) is 0 Å². The highest BCUT2D eigenvalue weighted by atomic mass is 16.2. The van der Waals surface area contributed by atoms with Gasteiger partial charge in [0.15, 0.2) is 0 Å². The van der Waals surface area contributed by atoms with Crippen LogP contribution in [0.25, 0.3) is 10.9 Å². The molecule has 3 aromatic rings. The van der Waals surface area contributed by atoms with Crippen molar-refractivity contribution in [3.05, 3.63) is 60.6 Å². The smallest absolute Gasteiger partial charge is 0.229 e. The average Bonchev–Trinajstić information content (AvgIpc) is 3.45. The maximum absolute atomic E-state index is 13.0. The highest BCUT2D eigenvalue weighted by Crippen LogP contribution is 2.33. The van der Waals surface area contributed by atoms with Gasteiger partial charge in [-0.05, 0) is 49.2 Å². The zero-order valence-corrected chi connectivity index (χ0v) is 17.3. The van der Waals surface area contributed by atoms with E-state index in [0.717, 1.165) is 41.1 Å². The van der Waals surface area contributed by atoms with Crippen molar-refractivity contribution in [3.8, 4) is 0 Å².